The minimum absolute atomic E-state index is 0.219. The topological polar surface area (TPSA) is 88.0 Å². The smallest absolute Gasteiger partial charge is 0.267 e. The van der Waals surface area contributed by atoms with Gasteiger partial charge in [-0.1, -0.05) is 24.3 Å². The number of nitrogens with zero attached hydrogens (tertiary/aromatic N) is 4. The molecule has 0 aliphatic rings. The molecule has 0 N–H and O–H groups in total. The van der Waals surface area contributed by atoms with Crippen molar-refractivity contribution >= 4 is 21.5 Å². The molecule has 0 unspecified atom stereocenters. The van der Waals surface area contributed by atoms with E-state index in [0.29, 0.717) is 47.5 Å². The van der Waals surface area contributed by atoms with E-state index < -0.39 is 0 Å². The van der Waals surface area contributed by atoms with E-state index in [9.17, 15) is 19.2 Å². The van der Waals surface area contributed by atoms with Crippen LogP contribution >= 0.6 is 0 Å². The summed E-state index contributed by atoms with van der Waals surface area (Å²) < 4.78 is 5.52. The van der Waals surface area contributed by atoms with E-state index >= 15 is 0 Å². The average molecular weight is 406 g/mol. The Morgan fingerprint density at radius 1 is 0.533 bits per heavy atom. The first kappa shape index (κ1) is 19.6. The number of hydrogen-bond acceptors (Lipinski definition) is 4. The Morgan fingerprint density at radius 3 is 1.17 bits per heavy atom. The molecule has 0 fully saturated rings. The molecule has 30 heavy (non-hydrogen) atoms. The number of unbranched alkanes of at least 4 members (excludes halogenated alkanes) is 1. The average Bonchev–Trinajstić information content (AvgIpc) is 2.77. The van der Waals surface area contributed by atoms with Gasteiger partial charge in [0.15, 0.2) is 0 Å². The summed E-state index contributed by atoms with van der Waals surface area (Å²) in [6, 6.07) is 13.5. The molecule has 0 bridgehead atoms. The Hall–Kier alpha value is -3.68. The molecule has 2 heterocycles. The lowest BCUT2D eigenvalue weighted by Gasteiger charge is -2.15. The zero-order chi connectivity index (χ0) is 21.4. The molecule has 4 rings (SSSR count). The second kappa shape index (κ2) is 7.62. The van der Waals surface area contributed by atoms with Crippen LogP contribution in [0.15, 0.2) is 67.7 Å². The van der Waals surface area contributed by atoms with Crippen molar-refractivity contribution in [1.82, 2.24) is 18.7 Å². The van der Waals surface area contributed by atoms with E-state index in [1.807, 2.05) is 0 Å². The Labute approximate surface area is 170 Å². The zero-order valence-electron chi connectivity index (χ0n) is 16.9. The molecule has 0 spiro atoms. The Kier molecular flexibility index (Phi) is 4.99. The summed E-state index contributed by atoms with van der Waals surface area (Å²) in [4.78, 5) is 50.6. The van der Waals surface area contributed by atoms with Gasteiger partial charge in [-0.05, 0) is 37.1 Å². The molecule has 154 valence electrons. The van der Waals surface area contributed by atoms with Gasteiger partial charge in [0.1, 0.15) is 0 Å². The maximum Gasteiger partial charge on any atom is 0.273 e. The summed E-state index contributed by atoms with van der Waals surface area (Å²) in [6.45, 7) is 0.678. The highest BCUT2D eigenvalue weighted by atomic mass is 16.2. The van der Waals surface area contributed by atoms with E-state index in [4.69, 9.17) is 0 Å². The molecular formula is C22H22N4O4. The summed E-state index contributed by atoms with van der Waals surface area (Å²) in [5.74, 6) is 0. The summed E-state index contributed by atoms with van der Waals surface area (Å²) in [5, 5.41) is 1.60. The molecule has 0 amide bonds. The first-order valence-corrected chi connectivity index (χ1v) is 9.79. The van der Waals surface area contributed by atoms with Crippen molar-refractivity contribution < 1.29 is 0 Å². The molecule has 0 aliphatic heterocycles. The van der Waals surface area contributed by atoms with Crippen molar-refractivity contribution in [1.29, 1.82) is 0 Å². The van der Waals surface area contributed by atoms with E-state index in [0.717, 1.165) is 0 Å². The van der Waals surface area contributed by atoms with Crippen LogP contribution in [0, 0.1) is 0 Å². The van der Waals surface area contributed by atoms with Crippen LogP contribution in [0.25, 0.3) is 21.5 Å². The van der Waals surface area contributed by atoms with Crippen LogP contribution in [0.5, 0.6) is 0 Å². The largest absolute Gasteiger partial charge is 0.273 e. The fourth-order valence-corrected chi connectivity index (χ4v) is 3.86. The van der Waals surface area contributed by atoms with E-state index in [1.165, 1.54) is 18.7 Å². The third-order valence-electron chi connectivity index (χ3n) is 5.55. The molecule has 8 nitrogen and oxygen atoms in total. The van der Waals surface area contributed by atoms with Crippen LogP contribution in [0.1, 0.15) is 12.8 Å². The van der Waals surface area contributed by atoms with E-state index in [2.05, 4.69) is 0 Å². The van der Waals surface area contributed by atoms with Crippen molar-refractivity contribution in [2.45, 2.75) is 25.9 Å². The van der Waals surface area contributed by atoms with Gasteiger partial charge >= 0.3 is 0 Å². The van der Waals surface area contributed by atoms with E-state index in [-0.39, 0.29) is 22.2 Å². The van der Waals surface area contributed by atoms with Gasteiger partial charge in [0.25, 0.3) is 22.2 Å². The second-order valence-corrected chi connectivity index (χ2v) is 7.31. The Balaban J connectivity index is 1.59. The number of benzene rings is 2. The highest BCUT2D eigenvalue weighted by molar-refractivity contribution is 5.81. The minimum Gasteiger partial charge on any atom is -0.267 e. The third-order valence-corrected chi connectivity index (χ3v) is 5.55. The van der Waals surface area contributed by atoms with Gasteiger partial charge in [-0.2, -0.15) is 0 Å². The first-order valence-electron chi connectivity index (χ1n) is 9.79. The van der Waals surface area contributed by atoms with Crippen LogP contribution in [0.3, 0.4) is 0 Å². The van der Waals surface area contributed by atoms with Crippen LogP contribution in [-0.2, 0) is 27.2 Å². The molecular weight excluding hydrogens is 384 g/mol. The highest BCUT2D eigenvalue weighted by Gasteiger charge is 2.12. The normalized spacial score (nSPS) is 11.4. The predicted molar refractivity (Wildman–Crippen MR) is 116 cm³/mol. The molecule has 0 saturated heterocycles. The van der Waals surface area contributed by atoms with Crippen molar-refractivity contribution in [3.05, 3.63) is 89.9 Å². The van der Waals surface area contributed by atoms with Gasteiger partial charge in [-0.25, -0.2) is 9.36 Å². The van der Waals surface area contributed by atoms with Crippen molar-refractivity contribution in [3.63, 3.8) is 0 Å². The summed E-state index contributed by atoms with van der Waals surface area (Å²) in [5.41, 5.74) is -0.886. The second-order valence-electron chi connectivity index (χ2n) is 7.31. The van der Waals surface area contributed by atoms with E-state index in [1.54, 1.807) is 62.6 Å². The van der Waals surface area contributed by atoms with Gasteiger partial charge in [0, 0.05) is 27.2 Å². The highest BCUT2D eigenvalue weighted by Crippen LogP contribution is 2.06. The van der Waals surface area contributed by atoms with Gasteiger partial charge in [-0.15, -0.1) is 0 Å². The fraction of sp³-hybridized carbons (Fsp3) is 0.273. The lowest BCUT2D eigenvalue weighted by molar-refractivity contribution is 0.405. The fourth-order valence-electron chi connectivity index (χ4n) is 3.86. The monoisotopic (exact) mass is 406 g/mol. The lowest BCUT2D eigenvalue weighted by Crippen LogP contribution is -2.38. The summed E-state index contributed by atoms with van der Waals surface area (Å²) >= 11 is 0. The first-order chi connectivity index (χ1) is 14.4. The number of aromatic nitrogens is 4. The van der Waals surface area contributed by atoms with Crippen LogP contribution in [0.4, 0.5) is 0 Å². The van der Waals surface area contributed by atoms with Crippen LogP contribution in [0.2, 0.25) is 0 Å². The lowest BCUT2D eigenvalue weighted by atomic mass is 10.2. The number of rotatable bonds is 5. The third kappa shape index (κ3) is 3.10. The summed E-state index contributed by atoms with van der Waals surface area (Å²) in [6.07, 6.45) is 1.14. The van der Waals surface area contributed by atoms with Crippen molar-refractivity contribution in [3.8, 4) is 0 Å². The molecule has 8 heteroatoms. The molecule has 4 aromatic rings. The van der Waals surface area contributed by atoms with Gasteiger partial charge in [0.2, 0.25) is 0 Å². The Bertz CT molecular complexity index is 1390. The molecule has 2 aromatic heterocycles. The van der Waals surface area contributed by atoms with Crippen LogP contribution in [-0.4, -0.2) is 18.7 Å². The zero-order valence-corrected chi connectivity index (χ0v) is 16.9. The maximum atomic E-state index is 12.8. The standard InChI is InChI=1S/C22H22N4O4/c1-23-19(27)15-9-3-5-11-17(15)21(29)25(23)13-7-8-14-26-22(30)18-12-6-4-10-16(18)20(28)24(26)2/h3-6,9-12H,7-8,13-14H2,1-2H3. The van der Waals surface area contributed by atoms with Crippen LogP contribution < -0.4 is 22.2 Å². The van der Waals surface area contributed by atoms with Crippen molar-refractivity contribution in [2.24, 2.45) is 14.1 Å². The predicted octanol–water partition coefficient (Wildman–Crippen LogP) is 1.19. The Morgan fingerprint density at radius 2 is 0.833 bits per heavy atom. The molecule has 0 aliphatic carbocycles. The SMILES string of the molecule is Cn1c(=O)c2ccccc2c(=O)n1CCCCn1c(=O)c2ccccc2c(=O)n1C. The molecule has 0 saturated carbocycles. The van der Waals surface area contributed by atoms with Gasteiger partial charge in [-0.3, -0.25) is 28.5 Å². The quantitative estimate of drug-likeness (QED) is 0.466. The van der Waals surface area contributed by atoms with Gasteiger partial charge < -0.3 is 0 Å². The van der Waals surface area contributed by atoms with Crippen molar-refractivity contribution in [2.75, 3.05) is 0 Å². The summed E-state index contributed by atoms with van der Waals surface area (Å²) in [7, 11) is 3.15. The maximum absolute atomic E-state index is 12.8. The number of fused-ring (bicyclic) bond motifs is 2. The number of hydrogen-bond donors (Lipinski definition) is 0. The molecule has 2 aromatic carbocycles. The molecule has 0 atom stereocenters. The minimum atomic E-state index is -0.224. The van der Waals surface area contributed by atoms with Gasteiger partial charge in [0.05, 0.1) is 21.5 Å². The molecule has 0 radical (unpaired) electrons.